The molecule has 2 rings (SSSR count). The third-order valence-electron chi connectivity index (χ3n) is 2.22. The fourth-order valence-corrected chi connectivity index (χ4v) is 2.38. The number of hydrogen-bond donors (Lipinski definition) is 3. The number of hydrogen-bond acceptors (Lipinski definition) is 5. The van der Waals surface area contributed by atoms with Gasteiger partial charge in [-0.1, -0.05) is 23.7 Å². The van der Waals surface area contributed by atoms with E-state index in [0.29, 0.717) is 15.7 Å². The summed E-state index contributed by atoms with van der Waals surface area (Å²) in [6.07, 6.45) is 0. The summed E-state index contributed by atoms with van der Waals surface area (Å²) in [6, 6.07) is 7.38. The first kappa shape index (κ1) is 12.8. The van der Waals surface area contributed by atoms with Crippen LogP contribution in [0.1, 0.15) is 5.56 Å². The summed E-state index contributed by atoms with van der Waals surface area (Å²) >= 11 is 7.10. The van der Waals surface area contributed by atoms with Crippen molar-refractivity contribution >= 4 is 35.1 Å². The number of H-pyrrole nitrogens is 1. The number of anilines is 2. The molecule has 0 saturated heterocycles. The Morgan fingerprint density at radius 3 is 2.56 bits per heavy atom. The van der Waals surface area contributed by atoms with Crippen molar-refractivity contribution in [1.29, 1.82) is 0 Å². The fraction of sp³-hybridized carbons (Fsp3) is 0.0909. The zero-order valence-electron chi connectivity index (χ0n) is 9.31. The number of nitrogens with two attached hydrogens (primary N) is 2. The minimum atomic E-state index is -0.320. The predicted molar refractivity (Wildman–Crippen MR) is 74.7 cm³/mol. The van der Waals surface area contributed by atoms with Crippen LogP contribution in [0.15, 0.2) is 34.0 Å². The summed E-state index contributed by atoms with van der Waals surface area (Å²) in [6.45, 7) is 0. The van der Waals surface area contributed by atoms with Crippen LogP contribution in [-0.2, 0) is 5.75 Å². The summed E-state index contributed by atoms with van der Waals surface area (Å²) in [5, 5.41) is 0.676. The van der Waals surface area contributed by atoms with Gasteiger partial charge in [0.25, 0.3) is 5.56 Å². The van der Waals surface area contributed by atoms with Crippen molar-refractivity contribution < 1.29 is 0 Å². The van der Waals surface area contributed by atoms with E-state index in [0.717, 1.165) is 5.56 Å². The van der Waals surface area contributed by atoms with Crippen LogP contribution >= 0.6 is 23.4 Å². The van der Waals surface area contributed by atoms with Crippen molar-refractivity contribution in [3.8, 4) is 0 Å². The van der Waals surface area contributed by atoms with Crippen molar-refractivity contribution in [1.82, 2.24) is 9.97 Å². The molecule has 5 nitrogen and oxygen atoms in total. The van der Waals surface area contributed by atoms with Crippen LogP contribution in [0, 0.1) is 0 Å². The number of thioether (sulfide) groups is 1. The third kappa shape index (κ3) is 2.96. The number of nitrogens with one attached hydrogen (secondary N) is 1. The van der Waals surface area contributed by atoms with E-state index in [1.807, 2.05) is 12.1 Å². The van der Waals surface area contributed by atoms with Gasteiger partial charge in [0.15, 0.2) is 0 Å². The van der Waals surface area contributed by atoms with Crippen molar-refractivity contribution in [2.75, 3.05) is 11.5 Å². The lowest BCUT2D eigenvalue weighted by Crippen LogP contribution is -2.15. The molecule has 1 aromatic carbocycles. The molecule has 5 N–H and O–H groups in total. The Morgan fingerprint density at radius 1 is 1.28 bits per heavy atom. The smallest absolute Gasteiger partial charge is 0.268 e. The molecule has 0 aliphatic carbocycles. The number of aromatic nitrogens is 2. The first-order chi connectivity index (χ1) is 8.56. The van der Waals surface area contributed by atoms with Gasteiger partial charge >= 0.3 is 0 Å². The number of nitrogen functional groups attached to an aromatic ring is 2. The standard InChI is InChI=1S/C11H11ClN4OS/c12-7-3-1-6(2-4-7)5-18-8-9(13)15-11(14)16-10(8)17/h1-4H,5H2,(H5,13,14,15,16,17). The van der Waals surface area contributed by atoms with Gasteiger partial charge in [-0.2, -0.15) is 4.98 Å². The van der Waals surface area contributed by atoms with E-state index >= 15 is 0 Å². The molecule has 0 aliphatic rings. The average molecular weight is 283 g/mol. The van der Waals surface area contributed by atoms with E-state index < -0.39 is 0 Å². The monoisotopic (exact) mass is 282 g/mol. The Bertz CT molecular complexity index is 611. The van der Waals surface area contributed by atoms with Crippen LogP contribution in [0.2, 0.25) is 5.02 Å². The molecule has 0 bridgehead atoms. The van der Waals surface area contributed by atoms with E-state index in [2.05, 4.69) is 9.97 Å². The van der Waals surface area contributed by atoms with Gasteiger partial charge in [0.05, 0.1) is 0 Å². The Hall–Kier alpha value is -1.66. The number of rotatable bonds is 3. The highest BCUT2D eigenvalue weighted by Gasteiger charge is 2.08. The molecule has 0 spiro atoms. The second-order valence-electron chi connectivity index (χ2n) is 3.58. The van der Waals surface area contributed by atoms with Crippen molar-refractivity contribution in [2.45, 2.75) is 10.6 Å². The van der Waals surface area contributed by atoms with Crippen LogP contribution in [0.4, 0.5) is 11.8 Å². The highest BCUT2D eigenvalue weighted by atomic mass is 35.5. The minimum absolute atomic E-state index is 0.0216. The first-order valence-corrected chi connectivity index (χ1v) is 6.45. The topological polar surface area (TPSA) is 97.8 Å². The van der Waals surface area contributed by atoms with E-state index in [9.17, 15) is 4.79 Å². The number of aromatic amines is 1. The lowest BCUT2D eigenvalue weighted by molar-refractivity contribution is 1.07. The van der Waals surface area contributed by atoms with Gasteiger partial charge in [0.1, 0.15) is 10.7 Å². The Kier molecular flexibility index (Phi) is 3.78. The first-order valence-electron chi connectivity index (χ1n) is 5.09. The van der Waals surface area contributed by atoms with Gasteiger partial charge in [-0.25, -0.2) is 0 Å². The molecule has 0 saturated carbocycles. The maximum atomic E-state index is 11.6. The van der Waals surface area contributed by atoms with Gasteiger partial charge in [-0.15, -0.1) is 11.8 Å². The van der Waals surface area contributed by atoms with Crippen molar-refractivity contribution in [3.63, 3.8) is 0 Å². The fourth-order valence-electron chi connectivity index (χ4n) is 1.37. The molecular weight excluding hydrogens is 272 g/mol. The predicted octanol–water partition coefficient (Wildman–Crippen LogP) is 1.88. The zero-order chi connectivity index (χ0) is 13.1. The molecule has 18 heavy (non-hydrogen) atoms. The highest BCUT2D eigenvalue weighted by molar-refractivity contribution is 7.98. The summed E-state index contributed by atoms with van der Waals surface area (Å²) in [5.74, 6) is 0.777. The quantitative estimate of drug-likeness (QED) is 0.747. The summed E-state index contributed by atoms with van der Waals surface area (Å²) in [5.41, 5.74) is 11.8. The molecule has 7 heteroatoms. The van der Waals surface area contributed by atoms with Crippen LogP contribution in [0.3, 0.4) is 0 Å². The van der Waals surface area contributed by atoms with Gasteiger partial charge in [0.2, 0.25) is 5.95 Å². The second kappa shape index (κ2) is 5.32. The second-order valence-corrected chi connectivity index (χ2v) is 5.00. The maximum absolute atomic E-state index is 11.6. The lowest BCUT2D eigenvalue weighted by atomic mass is 10.2. The van der Waals surface area contributed by atoms with Crippen LogP contribution in [0.25, 0.3) is 0 Å². The minimum Gasteiger partial charge on any atom is -0.382 e. The maximum Gasteiger partial charge on any atom is 0.268 e. The molecular formula is C11H11ClN4OS. The van der Waals surface area contributed by atoms with E-state index in [1.165, 1.54) is 11.8 Å². The molecule has 0 atom stereocenters. The lowest BCUT2D eigenvalue weighted by Gasteiger charge is -2.04. The molecule has 0 amide bonds. The van der Waals surface area contributed by atoms with Crippen LogP contribution in [-0.4, -0.2) is 9.97 Å². The number of nitrogens with zero attached hydrogens (tertiary/aromatic N) is 1. The van der Waals surface area contributed by atoms with E-state index in [4.69, 9.17) is 23.1 Å². The van der Waals surface area contributed by atoms with Crippen LogP contribution in [0.5, 0.6) is 0 Å². The van der Waals surface area contributed by atoms with Gasteiger partial charge in [-0.3, -0.25) is 9.78 Å². The number of benzene rings is 1. The largest absolute Gasteiger partial charge is 0.382 e. The van der Waals surface area contributed by atoms with Gasteiger partial charge < -0.3 is 11.5 Å². The van der Waals surface area contributed by atoms with Crippen molar-refractivity contribution in [3.05, 3.63) is 45.2 Å². The summed E-state index contributed by atoms with van der Waals surface area (Å²) < 4.78 is 0. The molecule has 1 aromatic heterocycles. The zero-order valence-corrected chi connectivity index (χ0v) is 10.9. The third-order valence-corrected chi connectivity index (χ3v) is 3.63. The summed E-state index contributed by atoms with van der Waals surface area (Å²) in [7, 11) is 0. The molecule has 0 fully saturated rings. The average Bonchev–Trinajstić information content (AvgIpc) is 2.30. The summed E-state index contributed by atoms with van der Waals surface area (Å²) in [4.78, 5) is 18.2. The van der Waals surface area contributed by atoms with Gasteiger partial charge in [-0.05, 0) is 17.7 Å². The molecule has 1 heterocycles. The van der Waals surface area contributed by atoms with Gasteiger partial charge in [0, 0.05) is 10.8 Å². The SMILES string of the molecule is Nc1nc(N)c(SCc2ccc(Cl)cc2)c(=O)[nH]1. The van der Waals surface area contributed by atoms with E-state index in [1.54, 1.807) is 12.1 Å². The van der Waals surface area contributed by atoms with E-state index in [-0.39, 0.29) is 17.3 Å². The van der Waals surface area contributed by atoms with Crippen LogP contribution < -0.4 is 17.0 Å². The molecule has 94 valence electrons. The molecule has 0 aliphatic heterocycles. The molecule has 0 unspecified atom stereocenters. The Morgan fingerprint density at radius 2 is 1.94 bits per heavy atom. The highest BCUT2D eigenvalue weighted by Crippen LogP contribution is 2.24. The number of halogens is 1. The Balaban J connectivity index is 2.16. The molecule has 2 aromatic rings. The molecule has 0 radical (unpaired) electrons. The Labute approximate surface area is 113 Å². The van der Waals surface area contributed by atoms with Crippen molar-refractivity contribution in [2.24, 2.45) is 0 Å². The normalized spacial score (nSPS) is 10.5.